The lowest BCUT2D eigenvalue weighted by molar-refractivity contribution is 0.424. The molecule has 1 aromatic rings. The van der Waals surface area contributed by atoms with Crippen LogP contribution in [-0.4, -0.2) is 22.2 Å². The lowest BCUT2D eigenvalue weighted by atomic mass is 9.85. The highest BCUT2D eigenvalue weighted by Gasteiger charge is 2.12. The van der Waals surface area contributed by atoms with E-state index in [-0.39, 0.29) is 5.59 Å². The third kappa shape index (κ3) is 1.69. The first-order valence-corrected chi connectivity index (χ1v) is 3.19. The van der Waals surface area contributed by atoms with Crippen molar-refractivity contribution < 1.29 is 10.0 Å². The molecule has 1 heterocycles. The molecule has 1 rings (SSSR count). The zero-order valence-electron chi connectivity index (χ0n) is 6.15. The number of pyridine rings is 1. The van der Waals surface area contributed by atoms with E-state index in [0.29, 0.717) is 5.69 Å². The van der Waals surface area contributed by atoms with E-state index in [0.717, 1.165) is 5.56 Å². The summed E-state index contributed by atoms with van der Waals surface area (Å²) in [5.41, 5.74) is 7.03. The molecular weight excluding hydrogens is 143 g/mol. The Morgan fingerprint density at radius 2 is 2.18 bits per heavy atom. The first kappa shape index (κ1) is 8.04. The van der Waals surface area contributed by atoms with E-state index in [1.807, 2.05) is 0 Å². The number of nitrogens with two attached hydrogens (primary N) is 1. The molecule has 0 atom stereocenters. The van der Waals surface area contributed by atoms with Gasteiger partial charge in [0.1, 0.15) is 0 Å². The summed E-state index contributed by atoms with van der Waals surface area (Å²) in [5.74, 6) is 0. The Balaban J connectivity index is 3.05. The van der Waals surface area contributed by atoms with E-state index >= 15 is 0 Å². The summed E-state index contributed by atoms with van der Waals surface area (Å²) in [7, 11) is -1.52. The fraction of sp³-hybridized carbons (Fsp3) is 0.167. The molecule has 11 heavy (non-hydrogen) atoms. The SMILES string of the molecule is Cc1cc(B(O)O)ncc1N. The quantitative estimate of drug-likeness (QED) is 0.434. The van der Waals surface area contributed by atoms with Gasteiger partial charge < -0.3 is 15.8 Å². The van der Waals surface area contributed by atoms with Crippen molar-refractivity contribution in [1.29, 1.82) is 0 Å². The second-order valence-corrected chi connectivity index (χ2v) is 2.34. The van der Waals surface area contributed by atoms with E-state index in [1.54, 1.807) is 13.0 Å². The minimum Gasteiger partial charge on any atom is -0.422 e. The smallest absolute Gasteiger partial charge is 0.422 e. The number of aryl methyl sites for hydroxylation is 1. The van der Waals surface area contributed by atoms with Gasteiger partial charge in [0.2, 0.25) is 0 Å². The van der Waals surface area contributed by atoms with Gasteiger partial charge in [-0.15, -0.1) is 0 Å². The molecule has 4 nitrogen and oxygen atoms in total. The van der Waals surface area contributed by atoms with Gasteiger partial charge in [-0.2, -0.15) is 0 Å². The monoisotopic (exact) mass is 152 g/mol. The summed E-state index contributed by atoms with van der Waals surface area (Å²) in [4.78, 5) is 3.71. The van der Waals surface area contributed by atoms with Crippen LogP contribution in [0.1, 0.15) is 5.56 Å². The molecule has 0 aliphatic carbocycles. The van der Waals surface area contributed by atoms with E-state index in [2.05, 4.69) is 4.98 Å². The number of nitrogen functional groups attached to an aromatic ring is 1. The van der Waals surface area contributed by atoms with Crippen LogP contribution >= 0.6 is 0 Å². The Bertz CT molecular complexity index is 265. The number of hydrogen-bond acceptors (Lipinski definition) is 4. The number of anilines is 1. The average molecular weight is 152 g/mol. The van der Waals surface area contributed by atoms with Gasteiger partial charge in [-0.3, -0.25) is 4.98 Å². The molecular formula is C6H9BN2O2. The summed E-state index contributed by atoms with van der Waals surface area (Å²) in [6, 6.07) is 1.54. The fourth-order valence-electron chi connectivity index (χ4n) is 0.730. The van der Waals surface area contributed by atoms with Crippen molar-refractivity contribution in [1.82, 2.24) is 4.98 Å². The molecule has 4 N–H and O–H groups in total. The first-order valence-electron chi connectivity index (χ1n) is 3.19. The van der Waals surface area contributed by atoms with Gasteiger partial charge in [0.15, 0.2) is 0 Å². The highest BCUT2D eigenvalue weighted by Crippen LogP contribution is 2.03. The van der Waals surface area contributed by atoms with Crippen molar-refractivity contribution in [3.05, 3.63) is 17.8 Å². The van der Waals surface area contributed by atoms with Crippen molar-refractivity contribution in [3.8, 4) is 0 Å². The summed E-state index contributed by atoms with van der Waals surface area (Å²) in [5, 5.41) is 17.4. The lowest BCUT2D eigenvalue weighted by Crippen LogP contribution is -2.32. The van der Waals surface area contributed by atoms with E-state index in [1.165, 1.54) is 6.20 Å². The van der Waals surface area contributed by atoms with Gasteiger partial charge in [-0.25, -0.2) is 0 Å². The van der Waals surface area contributed by atoms with Crippen molar-refractivity contribution in [2.75, 3.05) is 5.73 Å². The second kappa shape index (κ2) is 2.90. The molecule has 0 saturated carbocycles. The van der Waals surface area contributed by atoms with Crippen LogP contribution in [0.4, 0.5) is 5.69 Å². The molecule has 0 aliphatic heterocycles. The number of rotatable bonds is 1. The molecule has 1 aromatic heterocycles. The predicted octanol–water partition coefficient (Wildman–Crippen LogP) is -1.35. The van der Waals surface area contributed by atoms with Crippen molar-refractivity contribution in [2.24, 2.45) is 0 Å². The minimum absolute atomic E-state index is 0.219. The molecule has 0 aromatic carbocycles. The molecule has 58 valence electrons. The maximum Gasteiger partial charge on any atom is 0.508 e. The number of hydrogen-bond donors (Lipinski definition) is 3. The summed E-state index contributed by atoms with van der Waals surface area (Å²) in [6.45, 7) is 1.78. The van der Waals surface area contributed by atoms with Gasteiger partial charge >= 0.3 is 7.12 Å². The van der Waals surface area contributed by atoms with E-state index in [4.69, 9.17) is 15.8 Å². The largest absolute Gasteiger partial charge is 0.508 e. The second-order valence-electron chi connectivity index (χ2n) is 2.34. The minimum atomic E-state index is -1.52. The van der Waals surface area contributed by atoms with Crippen LogP contribution in [0.3, 0.4) is 0 Å². The Morgan fingerprint density at radius 1 is 1.55 bits per heavy atom. The average Bonchev–Trinajstić information content (AvgIpc) is 1.94. The van der Waals surface area contributed by atoms with Gasteiger partial charge in [0.05, 0.1) is 11.3 Å². The first-order chi connectivity index (χ1) is 5.11. The molecule has 0 aliphatic rings. The zero-order chi connectivity index (χ0) is 8.43. The Labute approximate surface area is 64.8 Å². The maximum atomic E-state index is 8.69. The van der Waals surface area contributed by atoms with E-state index in [9.17, 15) is 0 Å². The van der Waals surface area contributed by atoms with Crippen molar-refractivity contribution >= 4 is 18.4 Å². The molecule has 0 amide bonds. The zero-order valence-corrected chi connectivity index (χ0v) is 6.15. The Morgan fingerprint density at radius 3 is 2.64 bits per heavy atom. The topological polar surface area (TPSA) is 79.4 Å². The normalized spacial score (nSPS) is 9.73. The van der Waals surface area contributed by atoms with E-state index < -0.39 is 7.12 Å². The van der Waals surface area contributed by atoms with Crippen LogP contribution in [-0.2, 0) is 0 Å². The van der Waals surface area contributed by atoms with Gasteiger partial charge in [-0.05, 0) is 18.6 Å². The molecule has 0 spiro atoms. The molecule has 5 heteroatoms. The van der Waals surface area contributed by atoms with Gasteiger partial charge in [0, 0.05) is 6.20 Å². The maximum absolute atomic E-state index is 8.69. The summed E-state index contributed by atoms with van der Waals surface area (Å²) < 4.78 is 0. The summed E-state index contributed by atoms with van der Waals surface area (Å²) in [6.07, 6.45) is 1.41. The predicted molar refractivity (Wildman–Crippen MR) is 43.2 cm³/mol. The lowest BCUT2D eigenvalue weighted by Gasteiger charge is -2.01. The highest BCUT2D eigenvalue weighted by molar-refractivity contribution is 6.57. The van der Waals surface area contributed by atoms with Crippen LogP contribution in [0, 0.1) is 6.92 Å². The third-order valence-electron chi connectivity index (χ3n) is 1.44. The number of nitrogens with zero attached hydrogens (tertiary/aromatic N) is 1. The fourth-order valence-corrected chi connectivity index (χ4v) is 0.730. The van der Waals surface area contributed by atoms with Crippen molar-refractivity contribution in [2.45, 2.75) is 6.92 Å². The van der Waals surface area contributed by atoms with Crippen LogP contribution in [0.2, 0.25) is 0 Å². The summed E-state index contributed by atoms with van der Waals surface area (Å²) >= 11 is 0. The highest BCUT2D eigenvalue weighted by atomic mass is 16.4. The van der Waals surface area contributed by atoms with Crippen LogP contribution in [0.5, 0.6) is 0 Å². The van der Waals surface area contributed by atoms with Crippen molar-refractivity contribution in [3.63, 3.8) is 0 Å². The molecule has 0 saturated heterocycles. The standard InChI is InChI=1S/C6H9BN2O2/c1-4-2-6(7(10)11)9-3-5(4)8/h2-3,10-11H,8H2,1H3. The molecule has 0 radical (unpaired) electrons. The van der Waals surface area contributed by atoms with Crippen LogP contribution in [0.25, 0.3) is 0 Å². The number of aromatic nitrogens is 1. The van der Waals surface area contributed by atoms with Crippen LogP contribution in [0.15, 0.2) is 12.3 Å². The Kier molecular flexibility index (Phi) is 2.12. The molecule has 0 fully saturated rings. The molecule has 0 bridgehead atoms. The van der Waals surface area contributed by atoms with Crippen LogP contribution < -0.4 is 11.3 Å². The van der Waals surface area contributed by atoms with Gasteiger partial charge in [0.25, 0.3) is 0 Å². The molecule has 0 unspecified atom stereocenters. The van der Waals surface area contributed by atoms with Gasteiger partial charge in [-0.1, -0.05) is 0 Å². The third-order valence-corrected chi connectivity index (χ3v) is 1.44. The Hall–Kier alpha value is -1.07.